The number of aromatic nitrogens is 2. The zero-order chi connectivity index (χ0) is 20.9. The number of rotatable bonds is 6. The van der Waals surface area contributed by atoms with Crippen molar-refractivity contribution >= 4 is 17.6 Å². The first kappa shape index (κ1) is 19.9. The van der Waals surface area contributed by atoms with Gasteiger partial charge in [0.15, 0.2) is 6.61 Å². The molecule has 1 N–H and O–H groups in total. The monoisotopic (exact) mass is 405 g/mol. The summed E-state index contributed by atoms with van der Waals surface area (Å²) in [5.41, 5.74) is 1.23. The number of halogens is 3. The highest BCUT2D eigenvalue weighted by Crippen LogP contribution is 2.23. The summed E-state index contributed by atoms with van der Waals surface area (Å²) in [7, 11) is 0. The lowest BCUT2D eigenvalue weighted by molar-refractivity contribution is -0.274. The van der Waals surface area contributed by atoms with Gasteiger partial charge in [-0.05, 0) is 54.6 Å². The summed E-state index contributed by atoms with van der Waals surface area (Å²) < 4.78 is 46.6. The normalized spacial score (nSPS) is 11.0. The van der Waals surface area contributed by atoms with Crippen LogP contribution in [-0.2, 0) is 9.53 Å². The zero-order valence-corrected chi connectivity index (χ0v) is 14.7. The molecular weight excluding hydrogens is 391 g/mol. The van der Waals surface area contributed by atoms with Gasteiger partial charge in [-0.3, -0.25) is 4.79 Å². The number of carbonyl (C=O) groups excluding carboxylic acids is 2. The number of alkyl halides is 3. The molecular formula is C19H14F3N3O4. The Balaban J connectivity index is 1.49. The van der Waals surface area contributed by atoms with Crippen molar-refractivity contribution in [3.63, 3.8) is 0 Å². The second-order valence-electron chi connectivity index (χ2n) is 5.69. The van der Waals surface area contributed by atoms with E-state index in [1.165, 1.54) is 24.3 Å². The lowest BCUT2D eigenvalue weighted by Gasteiger charge is -2.10. The Labute approximate surface area is 162 Å². The van der Waals surface area contributed by atoms with E-state index in [0.717, 1.165) is 17.8 Å². The third kappa shape index (κ3) is 5.83. The van der Waals surface area contributed by atoms with Gasteiger partial charge in [-0.15, -0.1) is 13.2 Å². The van der Waals surface area contributed by atoms with E-state index < -0.39 is 30.6 Å². The molecule has 0 spiro atoms. The minimum Gasteiger partial charge on any atom is -0.452 e. The van der Waals surface area contributed by atoms with Gasteiger partial charge in [-0.25, -0.2) is 9.48 Å². The smallest absolute Gasteiger partial charge is 0.452 e. The minimum atomic E-state index is -4.80. The van der Waals surface area contributed by atoms with E-state index in [4.69, 9.17) is 4.74 Å². The highest BCUT2D eigenvalue weighted by molar-refractivity contribution is 5.95. The van der Waals surface area contributed by atoms with Crippen molar-refractivity contribution in [1.82, 2.24) is 9.78 Å². The number of nitrogens with one attached hydrogen (secondary N) is 1. The topological polar surface area (TPSA) is 82.5 Å². The van der Waals surface area contributed by atoms with E-state index in [9.17, 15) is 22.8 Å². The summed E-state index contributed by atoms with van der Waals surface area (Å²) >= 11 is 0. The van der Waals surface area contributed by atoms with Gasteiger partial charge in [0.1, 0.15) is 5.75 Å². The maximum atomic E-state index is 12.1. The van der Waals surface area contributed by atoms with Gasteiger partial charge >= 0.3 is 12.3 Å². The standard InChI is InChI=1S/C19H14F3N3O4/c20-19(21,22)29-16-8-4-14(5-9-16)24-17(26)12-28-18(27)13-2-6-15(7-3-13)25-11-1-10-23-25/h1-11H,12H2,(H,24,26). The summed E-state index contributed by atoms with van der Waals surface area (Å²) in [6, 6.07) is 12.8. The minimum absolute atomic E-state index is 0.226. The number of hydrogen-bond acceptors (Lipinski definition) is 5. The molecule has 0 fully saturated rings. The fourth-order valence-electron chi connectivity index (χ4n) is 2.32. The van der Waals surface area contributed by atoms with Gasteiger partial charge in [-0.2, -0.15) is 5.10 Å². The Morgan fingerprint density at radius 2 is 1.72 bits per heavy atom. The first-order valence-electron chi connectivity index (χ1n) is 8.23. The molecule has 0 aliphatic carbocycles. The van der Waals surface area contributed by atoms with Gasteiger partial charge in [0.25, 0.3) is 5.91 Å². The van der Waals surface area contributed by atoms with Gasteiger partial charge in [-0.1, -0.05) is 0 Å². The van der Waals surface area contributed by atoms with Crippen LogP contribution in [0.1, 0.15) is 10.4 Å². The van der Waals surface area contributed by atoms with Crippen LogP contribution in [-0.4, -0.2) is 34.6 Å². The van der Waals surface area contributed by atoms with E-state index in [2.05, 4.69) is 15.2 Å². The van der Waals surface area contributed by atoms with Crippen molar-refractivity contribution in [1.29, 1.82) is 0 Å². The number of carbonyl (C=O) groups is 2. The predicted molar refractivity (Wildman–Crippen MR) is 95.6 cm³/mol. The molecule has 0 saturated carbocycles. The third-order valence-electron chi connectivity index (χ3n) is 3.58. The van der Waals surface area contributed by atoms with E-state index in [1.54, 1.807) is 35.3 Å². The van der Waals surface area contributed by atoms with Crippen LogP contribution in [0.2, 0.25) is 0 Å². The Hall–Kier alpha value is -3.82. The second kappa shape index (κ2) is 8.46. The summed E-state index contributed by atoms with van der Waals surface area (Å²) in [5.74, 6) is -1.75. The van der Waals surface area contributed by atoms with E-state index in [1.807, 2.05) is 0 Å². The maximum absolute atomic E-state index is 12.1. The lowest BCUT2D eigenvalue weighted by atomic mass is 10.2. The molecule has 7 nitrogen and oxygen atoms in total. The second-order valence-corrected chi connectivity index (χ2v) is 5.69. The third-order valence-corrected chi connectivity index (χ3v) is 3.58. The van der Waals surface area contributed by atoms with E-state index >= 15 is 0 Å². The highest BCUT2D eigenvalue weighted by Gasteiger charge is 2.30. The summed E-state index contributed by atoms with van der Waals surface area (Å²) in [6.45, 7) is -0.555. The molecule has 1 heterocycles. The molecule has 0 radical (unpaired) electrons. The zero-order valence-electron chi connectivity index (χ0n) is 14.7. The van der Waals surface area contributed by atoms with Crippen molar-refractivity contribution in [3.8, 4) is 11.4 Å². The van der Waals surface area contributed by atoms with Gasteiger partial charge in [0, 0.05) is 18.1 Å². The highest BCUT2D eigenvalue weighted by atomic mass is 19.4. The van der Waals surface area contributed by atoms with Crippen LogP contribution in [0, 0.1) is 0 Å². The average Bonchev–Trinajstić information content (AvgIpc) is 3.21. The van der Waals surface area contributed by atoms with Crippen molar-refractivity contribution in [2.75, 3.05) is 11.9 Å². The first-order chi connectivity index (χ1) is 13.8. The molecule has 0 unspecified atom stereocenters. The molecule has 0 bridgehead atoms. The molecule has 29 heavy (non-hydrogen) atoms. The number of ether oxygens (including phenoxy) is 2. The van der Waals surface area contributed by atoms with Crippen LogP contribution >= 0.6 is 0 Å². The molecule has 1 amide bonds. The Bertz CT molecular complexity index is 969. The molecule has 150 valence electrons. The van der Waals surface area contributed by atoms with Crippen molar-refractivity contribution < 1.29 is 32.2 Å². The van der Waals surface area contributed by atoms with Crippen LogP contribution in [0.25, 0.3) is 5.69 Å². The lowest BCUT2D eigenvalue weighted by Crippen LogP contribution is -2.21. The Kier molecular flexibility index (Phi) is 5.82. The maximum Gasteiger partial charge on any atom is 0.573 e. The van der Waals surface area contributed by atoms with Crippen molar-refractivity contribution in [3.05, 3.63) is 72.6 Å². The molecule has 3 aromatic rings. The van der Waals surface area contributed by atoms with Gasteiger partial charge in [0.05, 0.1) is 11.3 Å². The Morgan fingerprint density at radius 3 is 2.31 bits per heavy atom. The van der Waals surface area contributed by atoms with Crippen LogP contribution in [0.4, 0.5) is 18.9 Å². The van der Waals surface area contributed by atoms with Gasteiger partial charge in [0.2, 0.25) is 0 Å². The van der Waals surface area contributed by atoms with Gasteiger partial charge < -0.3 is 14.8 Å². The number of anilines is 1. The molecule has 2 aromatic carbocycles. The molecule has 3 rings (SSSR count). The quantitative estimate of drug-likeness (QED) is 0.634. The fraction of sp³-hybridized carbons (Fsp3) is 0.105. The number of hydrogen-bond donors (Lipinski definition) is 1. The van der Waals surface area contributed by atoms with E-state index in [-0.39, 0.29) is 11.3 Å². The predicted octanol–water partition coefficient (Wildman–Crippen LogP) is 3.57. The number of nitrogens with zero attached hydrogens (tertiary/aromatic N) is 2. The molecule has 0 aliphatic heterocycles. The van der Waals surface area contributed by atoms with Crippen LogP contribution in [0.15, 0.2) is 67.0 Å². The molecule has 0 atom stereocenters. The van der Waals surface area contributed by atoms with Crippen LogP contribution in [0.5, 0.6) is 5.75 Å². The number of amides is 1. The number of benzene rings is 2. The summed E-state index contributed by atoms with van der Waals surface area (Å²) in [6.07, 6.45) is -1.42. The van der Waals surface area contributed by atoms with Crippen LogP contribution < -0.4 is 10.1 Å². The molecule has 0 aliphatic rings. The average molecular weight is 405 g/mol. The Morgan fingerprint density at radius 1 is 1.03 bits per heavy atom. The fourth-order valence-corrected chi connectivity index (χ4v) is 2.32. The summed E-state index contributed by atoms with van der Waals surface area (Å²) in [4.78, 5) is 23.9. The van der Waals surface area contributed by atoms with Crippen molar-refractivity contribution in [2.24, 2.45) is 0 Å². The largest absolute Gasteiger partial charge is 0.573 e. The number of esters is 1. The summed E-state index contributed by atoms with van der Waals surface area (Å²) in [5, 5.41) is 6.47. The van der Waals surface area contributed by atoms with Crippen molar-refractivity contribution in [2.45, 2.75) is 6.36 Å². The van der Waals surface area contributed by atoms with Crippen LogP contribution in [0.3, 0.4) is 0 Å². The molecule has 1 aromatic heterocycles. The first-order valence-corrected chi connectivity index (χ1v) is 8.23. The molecule has 10 heteroatoms. The molecule has 0 saturated heterocycles. The SMILES string of the molecule is O=C(COC(=O)c1ccc(-n2cccn2)cc1)Nc1ccc(OC(F)(F)F)cc1. The van der Waals surface area contributed by atoms with E-state index in [0.29, 0.717) is 0 Å².